The molecule has 1 fully saturated rings. The lowest BCUT2D eigenvalue weighted by atomic mass is 9.98. The molecular formula is C16H24O6. The fourth-order valence-electron chi connectivity index (χ4n) is 2.51. The van der Waals surface area contributed by atoms with Crippen molar-refractivity contribution >= 4 is 0 Å². The third-order valence-electron chi connectivity index (χ3n) is 3.88. The largest absolute Gasteiger partial charge is 0.462 e. The van der Waals surface area contributed by atoms with E-state index in [-0.39, 0.29) is 5.92 Å². The average molecular weight is 312 g/mol. The van der Waals surface area contributed by atoms with E-state index in [0.29, 0.717) is 5.75 Å². The van der Waals surface area contributed by atoms with Gasteiger partial charge < -0.3 is 29.9 Å². The van der Waals surface area contributed by atoms with Crippen molar-refractivity contribution < 1.29 is 29.9 Å². The lowest BCUT2D eigenvalue weighted by Gasteiger charge is -2.39. The molecule has 1 aliphatic heterocycles. The van der Waals surface area contributed by atoms with Crippen LogP contribution in [-0.2, 0) is 4.74 Å². The van der Waals surface area contributed by atoms with Gasteiger partial charge in [-0.1, -0.05) is 26.0 Å². The SMILES string of the molecule is Cc1ccc(C(C)C)c(OC2O[C@@H](CO)[C@H](O)[C@@H](O)[C@@H]2O)c1. The maximum Gasteiger partial charge on any atom is 0.229 e. The minimum Gasteiger partial charge on any atom is -0.462 e. The van der Waals surface area contributed by atoms with Crippen molar-refractivity contribution in [1.82, 2.24) is 0 Å². The lowest BCUT2D eigenvalue weighted by molar-refractivity contribution is -0.277. The number of aliphatic hydroxyl groups excluding tert-OH is 4. The predicted octanol–water partition coefficient (Wildman–Crippen LogP) is 0.297. The van der Waals surface area contributed by atoms with Gasteiger partial charge in [0.15, 0.2) is 0 Å². The smallest absolute Gasteiger partial charge is 0.229 e. The molecule has 6 heteroatoms. The summed E-state index contributed by atoms with van der Waals surface area (Å²) in [6.07, 6.45) is -6.37. The van der Waals surface area contributed by atoms with E-state index >= 15 is 0 Å². The first-order valence-corrected chi connectivity index (χ1v) is 7.43. The van der Waals surface area contributed by atoms with E-state index in [1.165, 1.54) is 0 Å². The maximum absolute atomic E-state index is 10.0. The van der Waals surface area contributed by atoms with Crippen LogP contribution in [0.4, 0.5) is 0 Å². The second kappa shape index (κ2) is 6.93. The number of ether oxygens (including phenoxy) is 2. The molecule has 4 N–H and O–H groups in total. The van der Waals surface area contributed by atoms with Crippen LogP contribution in [0.25, 0.3) is 0 Å². The molecule has 0 spiro atoms. The number of benzene rings is 1. The molecule has 6 nitrogen and oxygen atoms in total. The Morgan fingerprint density at radius 2 is 1.82 bits per heavy atom. The van der Waals surface area contributed by atoms with Crippen LogP contribution in [0.1, 0.15) is 30.9 Å². The van der Waals surface area contributed by atoms with E-state index in [1.54, 1.807) is 0 Å². The van der Waals surface area contributed by atoms with Crippen LogP contribution in [-0.4, -0.2) is 57.7 Å². The van der Waals surface area contributed by atoms with E-state index < -0.39 is 37.3 Å². The molecule has 1 aromatic carbocycles. The monoisotopic (exact) mass is 312 g/mol. The fraction of sp³-hybridized carbons (Fsp3) is 0.625. The van der Waals surface area contributed by atoms with E-state index in [9.17, 15) is 20.4 Å². The molecule has 2 rings (SSSR count). The van der Waals surface area contributed by atoms with Crippen molar-refractivity contribution in [3.05, 3.63) is 29.3 Å². The molecule has 22 heavy (non-hydrogen) atoms. The molecule has 0 amide bonds. The van der Waals surface area contributed by atoms with Gasteiger partial charge in [-0.25, -0.2) is 0 Å². The Kier molecular flexibility index (Phi) is 5.41. The van der Waals surface area contributed by atoms with Gasteiger partial charge in [0.25, 0.3) is 0 Å². The molecular weight excluding hydrogens is 288 g/mol. The van der Waals surface area contributed by atoms with Crippen LogP contribution >= 0.6 is 0 Å². The molecule has 0 aromatic heterocycles. The van der Waals surface area contributed by atoms with Crippen LogP contribution in [0.3, 0.4) is 0 Å². The molecule has 1 aliphatic rings. The third kappa shape index (κ3) is 3.42. The van der Waals surface area contributed by atoms with Crippen LogP contribution in [0.15, 0.2) is 18.2 Å². The van der Waals surface area contributed by atoms with Crippen molar-refractivity contribution in [2.45, 2.75) is 57.4 Å². The molecule has 5 atom stereocenters. The van der Waals surface area contributed by atoms with Crippen molar-refractivity contribution in [1.29, 1.82) is 0 Å². The highest BCUT2D eigenvalue weighted by Crippen LogP contribution is 2.31. The molecule has 0 saturated carbocycles. The first kappa shape index (κ1) is 17.2. The summed E-state index contributed by atoms with van der Waals surface area (Å²) in [5.41, 5.74) is 1.94. The number of aliphatic hydroxyl groups is 4. The van der Waals surface area contributed by atoms with E-state index in [4.69, 9.17) is 9.47 Å². The van der Waals surface area contributed by atoms with Gasteiger partial charge in [0.2, 0.25) is 6.29 Å². The highest BCUT2D eigenvalue weighted by Gasteiger charge is 2.44. The normalized spacial score (nSPS) is 32.3. The molecule has 1 unspecified atom stereocenters. The Morgan fingerprint density at radius 1 is 1.14 bits per heavy atom. The van der Waals surface area contributed by atoms with Gasteiger partial charge in [0, 0.05) is 0 Å². The maximum atomic E-state index is 10.0. The quantitative estimate of drug-likeness (QED) is 0.638. The number of hydrogen-bond donors (Lipinski definition) is 4. The van der Waals surface area contributed by atoms with Crippen LogP contribution in [0, 0.1) is 6.92 Å². The first-order valence-electron chi connectivity index (χ1n) is 7.43. The molecule has 1 saturated heterocycles. The first-order chi connectivity index (χ1) is 10.3. The summed E-state index contributed by atoms with van der Waals surface area (Å²) in [6, 6.07) is 5.74. The van der Waals surface area contributed by atoms with E-state index in [0.717, 1.165) is 11.1 Å². The van der Waals surface area contributed by atoms with Gasteiger partial charge in [0.1, 0.15) is 30.2 Å². The summed E-state index contributed by atoms with van der Waals surface area (Å²) in [5.74, 6) is 0.764. The minimum atomic E-state index is -1.44. The summed E-state index contributed by atoms with van der Waals surface area (Å²) in [6.45, 7) is 5.48. The number of hydrogen-bond acceptors (Lipinski definition) is 6. The van der Waals surface area contributed by atoms with E-state index in [1.807, 2.05) is 39.0 Å². The average Bonchev–Trinajstić information content (AvgIpc) is 2.47. The standard InChI is InChI=1S/C16H24O6/c1-8(2)10-5-4-9(3)6-11(10)21-16-15(20)14(19)13(18)12(7-17)22-16/h4-6,8,12-20H,7H2,1-3H3/t12-,13-,14+,15-,16?/m0/s1. The van der Waals surface area contributed by atoms with Crippen molar-refractivity contribution in [3.8, 4) is 5.75 Å². The van der Waals surface area contributed by atoms with Gasteiger partial charge in [0.05, 0.1) is 6.61 Å². The molecule has 0 aliphatic carbocycles. The second-order valence-corrected chi connectivity index (χ2v) is 6.01. The molecule has 0 bridgehead atoms. The lowest BCUT2D eigenvalue weighted by Crippen LogP contribution is -2.60. The van der Waals surface area contributed by atoms with Gasteiger partial charge in [-0.2, -0.15) is 0 Å². The third-order valence-corrected chi connectivity index (χ3v) is 3.88. The number of rotatable bonds is 4. The van der Waals surface area contributed by atoms with Gasteiger partial charge in [-0.15, -0.1) is 0 Å². The molecule has 1 heterocycles. The predicted molar refractivity (Wildman–Crippen MR) is 79.7 cm³/mol. The molecule has 1 aromatic rings. The second-order valence-electron chi connectivity index (χ2n) is 6.01. The Hall–Kier alpha value is -1.18. The van der Waals surface area contributed by atoms with Crippen LogP contribution < -0.4 is 4.74 Å². The zero-order valence-corrected chi connectivity index (χ0v) is 13.0. The van der Waals surface area contributed by atoms with Gasteiger partial charge in [-0.3, -0.25) is 0 Å². The number of aryl methyl sites for hydroxylation is 1. The zero-order valence-electron chi connectivity index (χ0n) is 13.0. The van der Waals surface area contributed by atoms with Crippen molar-refractivity contribution in [3.63, 3.8) is 0 Å². The minimum absolute atomic E-state index is 0.209. The summed E-state index contributed by atoms with van der Waals surface area (Å²) < 4.78 is 11.1. The summed E-state index contributed by atoms with van der Waals surface area (Å²) >= 11 is 0. The summed E-state index contributed by atoms with van der Waals surface area (Å²) in [7, 11) is 0. The zero-order chi connectivity index (χ0) is 16.4. The Bertz CT molecular complexity index is 501. The molecule has 0 radical (unpaired) electrons. The Morgan fingerprint density at radius 3 is 2.41 bits per heavy atom. The van der Waals surface area contributed by atoms with Crippen molar-refractivity contribution in [2.75, 3.05) is 6.61 Å². The van der Waals surface area contributed by atoms with Crippen molar-refractivity contribution in [2.24, 2.45) is 0 Å². The fourth-order valence-corrected chi connectivity index (χ4v) is 2.51. The summed E-state index contributed by atoms with van der Waals surface area (Å²) in [5, 5.41) is 38.8. The Balaban J connectivity index is 2.24. The highest BCUT2D eigenvalue weighted by molar-refractivity contribution is 5.39. The van der Waals surface area contributed by atoms with E-state index in [2.05, 4.69) is 0 Å². The molecule has 124 valence electrons. The van der Waals surface area contributed by atoms with Crippen LogP contribution in [0.5, 0.6) is 5.75 Å². The Labute approximate surface area is 129 Å². The van der Waals surface area contributed by atoms with Crippen LogP contribution in [0.2, 0.25) is 0 Å². The highest BCUT2D eigenvalue weighted by atomic mass is 16.7. The topological polar surface area (TPSA) is 99.4 Å². The summed E-state index contributed by atoms with van der Waals surface area (Å²) in [4.78, 5) is 0. The van der Waals surface area contributed by atoms with Gasteiger partial charge >= 0.3 is 0 Å². The van der Waals surface area contributed by atoms with Gasteiger partial charge in [-0.05, 0) is 30.0 Å².